The summed E-state index contributed by atoms with van der Waals surface area (Å²) < 4.78 is 40.4. The molecule has 6 aromatic heterocycles. The van der Waals surface area contributed by atoms with Gasteiger partial charge in [0.25, 0.3) is 0 Å². The van der Waals surface area contributed by atoms with Gasteiger partial charge in [-0.05, 0) is 232 Å². The SMILES string of the molecule is C=Cc1oc2ccccc2c1/C=C(\C)c1cc(-c2ccc3oc4cc(-c5ccc6oc7ccc(-c8cc(-c9ccc%10oc%11ccccc%11c%10c9)cc(-c9nc(-c%10ccccc%10)cc(-c%10ccc(C#N)cc%10)n9)c8)cc7c6c5)ccc4c3c2)cc(-c2nc(-c3ccccc3)cc(-c3ccc(F)cc3)n2)c1. The summed E-state index contributed by atoms with van der Waals surface area (Å²) in [4.78, 5) is 21.1. The second-order valence-corrected chi connectivity index (χ2v) is 26.2. The zero-order valence-electron chi connectivity index (χ0n) is 55.9. The van der Waals surface area contributed by atoms with Crippen LogP contribution in [0.25, 0.3) is 207 Å². The molecule has 0 aliphatic carbocycles. The molecule has 0 unspecified atom stereocenters. The second-order valence-electron chi connectivity index (χ2n) is 26.2. The summed E-state index contributed by atoms with van der Waals surface area (Å²) in [5.41, 5.74) is 24.9. The van der Waals surface area contributed by atoms with Crippen molar-refractivity contribution in [1.82, 2.24) is 19.9 Å². The number of nitrogens with zero attached hydrogens (tertiary/aromatic N) is 5. The third kappa shape index (κ3) is 11.1. The van der Waals surface area contributed by atoms with Crippen LogP contribution in [0.3, 0.4) is 0 Å². The molecule has 0 spiro atoms. The van der Waals surface area contributed by atoms with Gasteiger partial charge in [0.15, 0.2) is 11.6 Å². The molecule has 19 rings (SSSR count). The van der Waals surface area contributed by atoms with Gasteiger partial charge >= 0.3 is 0 Å². The Labute approximate surface area is 595 Å². The number of benzene rings is 13. The largest absolute Gasteiger partial charge is 0.456 e. The number of aromatic nitrogens is 4. The predicted molar refractivity (Wildman–Crippen MR) is 418 cm³/mol. The number of allylic oxidation sites excluding steroid dienone is 1. The Kier molecular flexibility index (Phi) is 14.6. The highest BCUT2D eigenvalue weighted by molar-refractivity contribution is 6.11. The monoisotopic (exact) mass is 1340 g/mol. The minimum absolute atomic E-state index is 0.322. The number of para-hydroxylation sites is 2. The highest BCUT2D eigenvalue weighted by Crippen LogP contribution is 2.43. The smallest absolute Gasteiger partial charge is 0.160 e. The van der Waals surface area contributed by atoms with Crippen LogP contribution in [-0.4, -0.2) is 19.9 Å². The zero-order valence-corrected chi connectivity index (χ0v) is 55.9. The molecule has 104 heavy (non-hydrogen) atoms. The molecule has 0 N–H and O–H groups in total. The van der Waals surface area contributed by atoms with Crippen molar-refractivity contribution in [2.24, 2.45) is 0 Å². The van der Waals surface area contributed by atoms with Crippen LogP contribution >= 0.6 is 0 Å². The molecule has 0 saturated heterocycles. The van der Waals surface area contributed by atoms with Crippen LogP contribution < -0.4 is 0 Å². The van der Waals surface area contributed by atoms with Crippen molar-refractivity contribution in [3.05, 3.63) is 332 Å². The van der Waals surface area contributed by atoms with Crippen LogP contribution in [0, 0.1) is 17.1 Å². The lowest BCUT2D eigenvalue weighted by Gasteiger charge is -2.13. The lowest BCUT2D eigenvalue weighted by molar-refractivity contribution is 0.603. The summed E-state index contributed by atoms with van der Waals surface area (Å²) in [5, 5.41) is 16.7. The van der Waals surface area contributed by atoms with Crippen LogP contribution in [0.1, 0.15) is 29.4 Å². The molecular formula is C94H56FN5O4. The third-order valence-corrected chi connectivity index (χ3v) is 19.7. The fourth-order valence-corrected chi connectivity index (χ4v) is 14.4. The van der Waals surface area contributed by atoms with E-state index in [1.807, 2.05) is 121 Å². The quantitative estimate of drug-likeness (QED) is 0.111. The van der Waals surface area contributed by atoms with Gasteiger partial charge < -0.3 is 17.7 Å². The molecule has 0 bridgehead atoms. The Morgan fingerprint density at radius 2 is 0.692 bits per heavy atom. The van der Waals surface area contributed by atoms with Crippen molar-refractivity contribution in [2.75, 3.05) is 0 Å². The normalized spacial score (nSPS) is 11.8. The van der Waals surface area contributed by atoms with Crippen molar-refractivity contribution < 1.29 is 22.1 Å². The first kappa shape index (κ1) is 61.0. The van der Waals surface area contributed by atoms with Gasteiger partial charge in [0, 0.05) is 76.6 Å². The van der Waals surface area contributed by atoms with Gasteiger partial charge in [0.05, 0.1) is 34.4 Å². The van der Waals surface area contributed by atoms with Gasteiger partial charge in [0.2, 0.25) is 0 Å². The summed E-state index contributed by atoms with van der Waals surface area (Å²) in [5.74, 6) is 1.45. The molecule has 10 heteroatoms. The highest BCUT2D eigenvalue weighted by Gasteiger charge is 2.21. The summed E-state index contributed by atoms with van der Waals surface area (Å²) in [6.07, 6.45) is 3.92. The van der Waals surface area contributed by atoms with Crippen LogP contribution in [0.2, 0.25) is 0 Å². The van der Waals surface area contributed by atoms with E-state index in [4.69, 9.17) is 37.6 Å². The van der Waals surface area contributed by atoms with E-state index in [9.17, 15) is 9.65 Å². The van der Waals surface area contributed by atoms with Gasteiger partial charge in [-0.2, -0.15) is 5.26 Å². The van der Waals surface area contributed by atoms with E-state index in [0.29, 0.717) is 28.7 Å². The van der Waals surface area contributed by atoms with Crippen LogP contribution in [-0.2, 0) is 0 Å². The second kappa shape index (κ2) is 24.9. The first-order chi connectivity index (χ1) is 51.1. The first-order valence-electron chi connectivity index (χ1n) is 34.3. The Morgan fingerprint density at radius 3 is 1.21 bits per heavy atom. The summed E-state index contributed by atoms with van der Waals surface area (Å²) in [7, 11) is 0. The Morgan fingerprint density at radius 1 is 0.327 bits per heavy atom. The zero-order chi connectivity index (χ0) is 69.5. The molecule has 0 saturated carbocycles. The minimum atomic E-state index is -0.322. The van der Waals surface area contributed by atoms with Crippen LogP contribution in [0.4, 0.5) is 4.39 Å². The van der Waals surface area contributed by atoms with Gasteiger partial charge in [-0.1, -0.05) is 146 Å². The predicted octanol–water partition coefficient (Wildman–Crippen LogP) is 25.6. The maximum Gasteiger partial charge on any atom is 0.160 e. The van der Waals surface area contributed by atoms with Crippen molar-refractivity contribution in [3.63, 3.8) is 0 Å². The molecule has 0 atom stereocenters. The van der Waals surface area contributed by atoms with E-state index in [2.05, 4.69) is 177 Å². The number of fused-ring (bicyclic) bond motifs is 10. The van der Waals surface area contributed by atoms with Gasteiger partial charge in [0.1, 0.15) is 50.7 Å². The average Bonchev–Trinajstić information content (AvgIpc) is 1.55. The molecule has 9 nitrogen and oxygen atoms in total. The summed E-state index contributed by atoms with van der Waals surface area (Å²) in [6, 6.07) is 102. The fraction of sp³-hybridized carbons (Fsp3) is 0.0106. The van der Waals surface area contributed by atoms with Crippen molar-refractivity contribution in [2.45, 2.75) is 6.92 Å². The number of furan rings is 4. The lowest BCUT2D eigenvalue weighted by atomic mass is 9.93. The van der Waals surface area contributed by atoms with E-state index in [1.54, 1.807) is 18.2 Å². The molecular weight excluding hydrogens is 1280 g/mol. The van der Waals surface area contributed by atoms with E-state index < -0.39 is 0 Å². The highest BCUT2D eigenvalue weighted by atomic mass is 19.1. The molecule has 0 fully saturated rings. The van der Waals surface area contributed by atoms with Crippen LogP contribution in [0.15, 0.2) is 321 Å². The Balaban J connectivity index is 0.708. The molecule has 6 heterocycles. The van der Waals surface area contributed by atoms with E-state index in [1.165, 1.54) is 12.1 Å². The lowest BCUT2D eigenvalue weighted by Crippen LogP contribution is -1.97. The number of hydrogen-bond donors (Lipinski definition) is 0. The van der Waals surface area contributed by atoms with Crippen molar-refractivity contribution in [3.8, 4) is 118 Å². The molecule has 19 aromatic rings. The number of rotatable bonds is 13. The Bertz CT molecular complexity index is 6770. The van der Waals surface area contributed by atoms with Crippen molar-refractivity contribution >= 4 is 94.5 Å². The topological polar surface area (TPSA) is 128 Å². The minimum Gasteiger partial charge on any atom is -0.456 e. The molecule has 13 aromatic carbocycles. The van der Waals surface area contributed by atoms with Crippen LogP contribution in [0.5, 0.6) is 0 Å². The summed E-state index contributed by atoms with van der Waals surface area (Å²) >= 11 is 0. The standard InChI is InChI=1S/C94H56FN5O4/c1-3-85-76(73-18-10-12-20-86(73)101-85)40-55(2)66-41-67(44-70(42-66)93-97-82(58-16-8-5-9-17-58)53-84(100-93)60-26-33-72(95)34-27-60)62-31-38-89-78(49-62)75-35-28-65(51-92(75)104-89)61-29-36-90-79(47-61)80-50-64(32-39-91(80)103-90)69-43-68(63-30-37-88-77(48-63)74-19-11-13-21-87(74)102-88)45-71(46-69)94-98-81(57-14-6-4-7-15-57)52-83(99-94)59-24-22-56(54-96)23-25-59/h3-53H,1H2,2H3/b55-40+. The third-order valence-electron chi connectivity index (χ3n) is 19.7. The fourth-order valence-electron chi connectivity index (χ4n) is 14.4. The molecule has 488 valence electrons. The Hall–Kier alpha value is -14.1. The number of hydrogen-bond acceptors (Lipinski definition) is 9. The van der Waals surface area contributed by atoms with E-state index in [-0.39, 0.29) is 5.82 Å². The van der Waals surface area contributed by atoms with Crippen molar-refractivity contribution in [1.29, 1.82) is 5.26 Å². The molecule has 0 aliphatic rings. The van der Waals surface area contributed by atoms with Gasteiger partial charge in [-0.15, -0.1) is 0 Å². The number of halogens is 1. The van der Waals surface area contributed by atoms with E-state index in [0.717, 1.165) is 188 Å². The average molecular weight is 1340 g/mol. The van der Waals surface area contributed by atoms with Gasteiger partial charge in [-0.25, -0.2) is 24.3 Å². The van der Waals surface area contributed by atoms with Gasteiger partial charge in [-0.3, -0.25) is 0 Å². The number of nitriles is 1. The molecule has 0 radical (unpaired) electrons. The summed E-state index contributed by atoms with van der Waals surface area (Å²) in [6.45, 7) is 6.21. The molecule has 0 aliphatic heterocycles. The maximum atomic E-state index is 14.4. The first-order valence-corrected chi connectivity index (χ1v) is 34.3. The maximum absolute atomic E-state index is 14.4. The molecule has 0 amide bonds. The van der Waals surface area contributed by atoms with E-state index >= 15 is 0 Å².